The molecule has 0 unspecified atom stereocenters. The molecule has 0 aliphatic heterocycles. The lowest BCUT2D eigenvalue weighted by Crippen LogP contribution is -1.93. The van der Waals surface area contributed by atoms with Gasteiger partial charge in [-0.3, -0.25) is 0 Å². The lowest BCUT2D eigenvalue weighted by molar-refractivity contribution is 0.427. The Hall–Kier alpha value is -2.82. The first-order chi connectivity index (χ1) is 10.5. The van der Waals surface area contributed by atoms with Gasteiger partial charge in [-0.1, -0.05) is 12.1 Å². The number of nitrogens with two attached hydrogens (primary N) is 1. The fraction of sp³-hybridized carbons (Fsp3) is 0.118. The Morgan fingerprint density at radius 2 is 2.00 bits per heavy atom. The highest BCUT2D eigenvalue weighted by atomic mass is 19.1. The van der Waals surface area contributed by atoms with Crippen LogP contribution in [-0.2, 0) is 7.05 Å². The summed E-state index contributed by atoms with van der Waals surface area (Å²) in [6, 6.07) is 10.1. The normalized spacial score (nSPS) is 10.7. The van der Waals surface area contributed by atoms with E-state index in [4.69, 9.17) is 10.5 Å². The highest BCUT2D eigenvalue weighted by molar-refractivity contribution is 5.76. The third kappa shape index (κ3) is 2.79. The van der Waals surface area contributed by atoms with Crippen LogP contribution in [0.5, 0.6) is 11.6 Å². The van der Waals surface area contributed by atoms with E-state index < -0.39 is 5.82 Å². The van der Waals surface area contributed by atoms with Crippen LogP contribution in [0, 0.1) is 12.7 Å². The first-order valence-corrected chi connectivity index (χ1v) is 6.86. The van der Waals surface area contributed by atoms with E-state index in [0.29, 0.717) is 17.1 Å². The fourth-order valence-electron chi connectivity index (χ4n) is 2.28. The van der Waals surface area contributed by atoms with Crippen molar-refractivity contribution < 1.29 is 9.13 Å². The molecule has 3 rings (SSSR count). The molecule has 0 radical (unpaired) electrons. The molecule has 5 heteroatoms. The Kier molecular flexibility index (Phi) is 3.55. The summed E-state index contributed by atoms with van der Waals surface area (Å²) in [6.07, 6.45) is 3.64. The van der Waals surface area contributed by atoms with Gasteiger partial charge in [-0.05, 0) is 30.7 Å². The molecule has 0 aliphatic carbocycles. The van der Waals surface area contributed by atoms with Crippen LogP contribution in [0.4, 0.5) is 10.1 Å². The van der Waals surface area contributed by atoms with Gasteiger partial charge in [-0.2, -0.15) is 0 Å². The number of ether oxygens (including phenoxy) is 1. The number of halogens is 1. The predicted octanol–water partition coefficient (Wildman–Crippen LogP) is 3.91. The second kappa shape index (κ2) is 5.52. The van der Waals surface area contributed by atoms with Gasteiger partial charge in [0.1, 0.15) is 0 Å². The van der Waals surface area contributed by atoms with E-state index in [-0.39, 0.29) is 5.75 Å². The number of pyridine rings is 1. The molecular weight excluding hydrogens is 281 g/mol. The molecule has 0 saturated heterocycles. The Morgan fingerprint density at radius 3 is 2.64 bits per heavy atom. The molecule has 0 saturated carbocycles. The molecule has 0 spiro atoms. The maximum absolute atomic E-state index is 14.3. The van der Waals surface area contributed by atoms with E-state index in [9.17, 15) is 4.39 Å². The molecule has 2 heterocycles. The van der Waals surface area contributed by atoms with Crippen LogP contribution in [0.2, 0.25) is 0 Å². The molecule has 0 amide bonds. The first kappa shape index (κ1) is 14.1. The molecule has 0 atom stereocenters. The van der Waals surface area contributed by atoms with Gasteiger partial charge >= 0.3 is 0 Å². The molecule has 4 nitrogen and oxygen atoms in total. The van der Waals surface area contributed by atoms with Gasteiger partial charge in [0.25, 0.3) is 0 Å². The molecule has 0 aliphatic rings. The second-order valence-electron chi connectivity index (χ2n) is 5.16. The van der Waals surface area contributed by atoms with E-state index >= 15 is 0 Å². The maximum Gasteiger partial charge on any atom is 0.219 e. The van der Waals surface area contributed by atoms with Gasteiger partial charge in [0.15, 0.2) is 11.6 Å². The Labute approximate surface area is 128 Å². The zero-order valence-electron chi connectivity index (χ0n) is 12.4. The van der Waals surface area contributed by atoms with Crippen molar-refractivity contribution in [3.8, 4) is 22.8 Å². The summed E-state index contributed by atoms with van der Waals surface area (Å²) in [6.45, 7) is 1.85. The number of rotatable bonds is 3. The molecule has 0 bridgehead atoms. The molecule has 3 aromatic rings. The van der Waals surface area contributed by atoms with Crippen LogP contribution in [0.25, 0.3) is 11.1 Å². The smallest absolute Gasteiger partial charge is 0.219 e. The van der Waals surface area contributed by atoms with E-state index in [2.05, 4.69) is 4.98 Å². The third-order valence-corrected chi connectivity index (χ3v) is 3.31. The summed E-state index contributed by atoms with van der Waals surface area (Å²) >= 11 is 0. The van der Waals surface area contributed by atoms with Crippen molar-refractivity contribution in [2.45, 2.75) is 6.92 Å². The van der Waals surface area contributed by atoms with Gasteiger partial charge in [-0.15, -0.1) is 0 Å². The zero-order valence-corrected chi connectivity index (χ0v) is 12.4. The van der Waals surface area contributed by atoms with Crippen LogP contribution >= 0.6 is 0 Å². The van der Waals surface area contributed by atoms with Crippen molar-refractivity contribution in [3.05, 3.63) is 60.3 Å². The minimum Gasteiger partial charge on any atom is -0.436 e. The van der Waals surface area contributed by atoms with Crippen molar-refractivity contribution in [2.24, 2.45) is 7.05 Å². The van der Waals surface area contributed by atoms with Crippen LogP contribution in [0.15, 0.2) is 48.8 Å². The lowest BCUT2D eigenvalue weighted by Gasteiger charge is -2.08. The van der Waals surface area contributed by atoms with Crippen LogP contribution in [0.3, 0.4) is 0 Å². The maximum atomic E-state index is 14.3. The monoisotopic (exact) mass is 297 g/mol. The van der Waals surface area contributed by atoms with Crippen LogP contribution in [0.1, 0.15) is 5.69 Å². The number of hydrogen-bond donors (Lipinski definition) is 1. The molecule has 0 fully saturated rings. The summed E-state index contributed by atoms with van der Waals surface area (Å²) in [5, 5.41) is 0. The van der Waals surface area contributed by atoms with Crippen molar-refractivity contribution >= 4 is 5.69 Å². The van der Waals surface area contributed by atoms with Gasteiger partial charge < -0.3 is 15.0 Å². The predicted molar refractivity (Wildman–Crippen MR) is 84.3 cm³/mol. The van der Waals surface area contributed by atoms with Gasteiger partial charge in [0.2, 0.25) is 5.88 Å². The largest absolute Gasteiger partial charge is 0.436 e. The Morgan fingerprint density at radius 1 is 1.18 bits per heavy atom. The Balaban J connectivity index is 1.91. The van der Waals surface area contributed by atoms with Crippen molar-refractivity contribution in [1.29, 1.82) is 0 Å². The Bertz CT molecular complexity index is 827. The topological polar surface area (TPSA) is 53.1 Å². The molecule has 2 aromatic heterocycles. The van der Waals surface area contributed by atoms with E-state index in [1.807, 2.05) is 36.9 Å². The molecule has 112 valence electrons. The number of aromatic nitrogens is 2. The van der Waals surface area contributed by atoms with Gasteiger partial charge in [-0.25, -0.2) is 9.37 Å². The van der Waals surface area contributed by atoms with Gasteiger partial charge in [0, 0.05) is 36.8 Å². The zero-order chi connectivity index (χ0) is 15.7. The van der Waals surface area contributed by atoms with Crippen LogP contribution < -0.4 is 10.5 Å². The van der Waals surface area contributed by atoms with Crippen LogP contribution in [-0.4, -0.2) is 9.55 Å². The minimum atomic E-state index is -0.455. The van der Waals surface area contributed by atoms with Crippen molar-refractivity contribution in [2.75, 3.05) is 5.73 Å². The summed E-state index contributed by atoms with van der Waals surface area (Å²) in [4.78, 5) is 4.20. The average Bonchev–Trinajstić information content (AvgIpc) is 2.80. The summed E-state index contributed by atoms with van der Waals surface area (Å²) in [7, 11) is 1.87. The number of benzene rings is 1. The number of anilines is 1. The molecule has 2 N–H and O–H groups in total. The van der Waals surface area contributed by atoms with Gasteiger partial charge in [0.05, 0.1) is 5.69 Å². The SMILES string of the molecule is Cc1cccc(Oc2ccc(-c3cn(C)cc3N)cc2F)n1. The molecule has 1 aromatic carbocycles. The highest BCUT2D eigenvalue weighted by Crippen LogP contribution is 2.31. The standard InChI is InChI=1S/C17H16FN3O/c1-11-4-3-5-17(20-11)22-16-7-6-12(8-14(16)18)13-9-21(2)10-15(13)19/h3-10H,19H2,1-2H3. The average molecular weight is 297 g/mol. The number of hydrogen-bond acceptors (Lipinski definition) is 3. The lowest BCUT2D eigenvalue weighted by atomic mass is 10.1. The second-order valence-corrected chi connectivity index (χ2v) is 5.16. The summed E-state index contributed by atoms with van der Waals surface area (Å²) in [5.74, 6) is 0.0475. The van der Waals surface area contributed by atoms with E-state index in [1.54, 1.807) is 24.4 Å². The van der Waals surface area contributed by atoms with Crippen molar-refractivity contribution in [1.82, 2.24) is 9.55 Å². The summed E-state index contributed by atoms with van der Waals surface area (Å²) < 4.78 is 21.6. The minimum absolute atomic E-state index is 0.136. The van der Waals surface area contributed by atoms with Crippen molar-refractivity contribution in [3.63, 3.8) is 0 Å². The molecule has 22 heavy (non-hydrogen) atoms. The first-order valence-electron chi connectivity index (χ1n) is 6.86. The third-order valence-electron chi connectivity index (χ3n) is 3.31. The molecular formula is C17H16FN3O. The quantitative estimate of drug-likeness (QED) is 0.797. The number of nitrogen functional groups attached to an aromatic ring is 1. The highest BCUT2D eigenvalue weighted by Gasteiger charge is 2.11. The fourth-order valence-corrected chi connectivity index (χ4v) is 2.28. The number of nitrogens with zero attached hydrogens (tertiary/aromatic N) is 2. The van der Waals surface area contributed by atoms with E-state index in [0.717, 1.165) is 11.3 Å². The number of aryl methyl sites for hydroxylation is 2. The summed E-state index contributed by atoms with van der Waals surface area (Å²) in [5.41, 5.74) is 8.84. The van der Waals surface area contributed by atoms with E-state index in [1.165, 1.54) is 6.07 Å².